The van der Waals surface area contributed by atoms with Gasteiger partial charge < -0.3 is 4.42 Å². The predicted molar refractivity (Wildman–Crippen MR) is 75.0 cm³/mol. The number of nitrogens with two attached hydrogens (primary N) is 1. The molecule has 0 spiro atoms. The first kappa shape index (κ1) is 13.1. The molecular formula is C15H22N2O. The molecular weight excluding hydrogens is 224 g/mol. The molecule has 3 heteroatoms. The number of para-hydroxylation sites is 1. The number of furan rings is 1. The molecule has 2 aromatic rings. The molecule has 18 heavy (non-hydrogen) atoms. The minimum Gasteiger partial charge on any atom is -0.464 e. The van der Waals surface area contributed by atoms with Gasteiger partial charge in [-0.1, -0.05) is 50.8 Å². The van der Waals surface area contributed by atoms with E-state index >= 15 is 0 Å². The van der Waals surface area contributed by atoms with Crippen LogP contribution in [0.1, 0.15) is 50.6 Å². The average molecular weight is 246 g/mol. The van der Waals surface area contributed by atoms with Crippen LogP contribution >= 0.6 is 0 Å². The Hall–Kier alpha value is -1.32. The summed E-state index contributed by atoms with van der Waals surface area (Å²) in [7, 11) is 0. The maximum atomic E-state index is 5.68. The topological polar surface area (TPSA) is 51.2 Å². The monoisotopic (exact) mass is 246 g/mol. The van der Waals surface area contributed by atoms with Crippen molar-refractivity contribution in [3.05, 3.63) is 36.1 Å². The van der Waals surface area contributed by atoms with Crippen molar-refractivity contribution in [3.8, 4) is 0 Å². The molecule has 1 heterocycles. The molecule has 3 nitrogen and oxygen atoms in total. The van der Waals surface area contributed by atoms with Crippen LogP contribution in [-0.2, 0) is 0 Å². The van der Waals surface area contributed by atoms with Crippen molar-refractivity contribution < 1.29 is 4.42 Å². The highest BCUT2D eigenvalue weighted by Crippen LogP contribution is 2.28. The molecule has 0 fully saturated rings. The molecule has 0 radical (unpaired) electrons. The Morgan fingerprint density at radius 3 is 2.83 bits per heavy atom. The molecule has 2 rings (SSSR count). The van der Waals surface area contributed by atoms with E-state index in [0.717, 1.165) is 17.4 Å². The summed E-state index contributed by atoms with van der Waals surface area (Å²) in [5.74, 6) is 5.68. The minimum atomic E-state index is 0.186. The standard InChI is InChI=1S/C15H22N2O/c1-2-3-4-5-9-14(17-16)13-11-18-15-10-7-6-8-12(13)15/h6-8,10-11,14,17H,2-5,9,16H2,1H3. The van der Waals surface area contributed by atoms with Crippen molar-refractivity contribution in [1.29, 1.82) is 0 Å². The Balaban J connectivity index is 2.07. The molecule has 1 aromatic carbocycles. The van der Waals surface area contributed by atoms with Crippen molar-refractivity contribution >= 4 is 11.0 Å². The summed E-state index contributed by atoms with van der Waals surface area (Å²) in [6, 6.07) is 8.28. The Bertz CT molecular complexity index is 478. The van der Waals surface area contributed by atoms with Crippen molar-refractivity contribution in [2.75, 3.05) is 0 Å². The largest absolute Gasteiger partial charge is 0.464 e. The maximum Gasteiger partial charge on any atom is 0.134 e. The molecule has 1 aromatic heterocycles. The van der Waals surface area contributed by atoms with Gasteiger partial charge in [0, 0.05) is 17.0 Å². The molecule has 1 unspecified atom stereocenters. The van der Waals surface area contributed by atoms with E-state index in [2.05, 4.69) is 18.4 Å². The Kier molecular flexibility index (Phi) is 4.79. The van der Waals surface area contributed by atoms with Crippen LogP contribution in [0.2, 0.25) is 0 Å². The van der Waals surface area contributed by atoms with E-state index in [1.54, 1.807) is 0 Å². The third kappa shape index (κ3) is 2.92. The summed E-state index contributed by atoms with van der Waals surface area (Å²) in [6.45, 7) is 2.22. The summed E-state index contributed by atoms with van der Waals surface area (Å²) in [4.78, 5) is 0. The fourth-order valence-electron chi connectivity index (χ4n) is 2.37. The van der Waals surface area contributed by atoms with Crippen LogP contribution in [0.3, 0.4) is 0 Å². The number of rotatable bonds is 7. The highest BCUT2D eigenvalue weighted by molar-refractivity contribution is 5.81. The Morgan fingerprint density at radius 2 is 2.06 bits per heavy atom. The fraction of sp³-hybridized carbons (Fsp3) is 0.467. The second-order valence-corrected chi connectivity index (χ2v) is 4.76. The SMILES string of the molecule is CCCCCCC(NN)c1coc2ccccc12. The predicted octanol–water partition coefficient (Wildman–Crippen LogP) is 3.91. The summed E-state index contributed by atoms with van der Waals surface area (Å²) in [5, 5.41) is 1.16. The quantitative estimate of drug-likeness (QED) is 0.442. The number of nitrogens with one attached hydrogen (secondary N) is 1. The second-order valence-electron chi connectivity index (χ2n) is 4.76. The van der Waals surface area contributed by atoms with Crippen molar-refractivity contribution in [3.63, 3.8) is 0 Å². The van der Waals surface area contributed by atoms with Gasteiger partial charge >= 0.3 is 0 Å². The van der Waals surface area contributed by atoms with Gasteiger partial charge in [-0.3, -0.25) is 11.3 Å². The number of benzene rings is 1. The summed E-state index contributed by atoms with van der Waals surface area (Å²) in [5.41, 5.74) is 5.02. The lowest BCUT2D eigenvalue weighted by atomic mass is 10.00. The summed E-state index contributed by atoms with van der Waals surface area (Å²) < 4.78 is 5.56. The zero-order chi connectivity index (χ0) is 12.8. The second kappa shape index (κ2) is 6.57. The lowest BCUT2D eigenvalue weighted by Gasteiger charge is -2.14. The zero-order valence-corrected chi connectivity index (χ0v) is 11.0. The molecule has 0 aliphatic carbocycles. The van der Waals surface area contributed by atoms with E-state index in [0.29, 0.717) is 0 Å². The van der Waals surface area contributed by atoms with Crippen molar-refractivity contribution in [2.24, 2.45) is 5.84 Å². The molecule has 0 saturated carbocycles. The van der Waals surface area contributed by atoms with Crippen LogP contribution in [0.4, 0.5) is 0 Å². The molecule has 98 valence electrons. The van der Waals surface area contributed by atoms with E-state index in [9.17, 15) is 0 Å². The van der Waals surface area contributed by atoms with E-state index in [-0.39, 0.29) is 6.04 Å². The van der Waals surface area contributed by atoms with E-state index in [1.807, 2.05) is 24.5 Å². The first-order chi connectivity index (χ1) is 8.86. The van der Waals surface area contributed by atoms with Gasteiger partial charge in [0.25, 0.3) is 0 Å². The van der Waals surface area contributed by atoms with Gasteiger partial charge in [0.15, 0.2) is 0 Å². The first-order valence-electron chi connectivity index (χ1n) is 6.79. The van der Waals surface area contributed by atoms with Crippen LogP contribution in [0.15, 0.2) is 34.9 Å². The number of hydrogen-bond acceptors (Lipinski definition) is 3. The maximum absolute atomic E-state index is 5.68. The molecule has 0 aliphatic heterocycles. The van der Waals surface area contributed by atoms with Gasteiger partial charge in [0.2, 0.25) is 0 Å². The lowest BCUT2D eigenvalue weighted by molar-refractivity contribution is 0.477. The van der Waals surface area contributed by atoms with Gasteiger partial charge in [0.05, 0.1) is 6.26 Å². The van der Waals surface area contributed by atoms with Crippen LogP contribution in [-0.4, -0.2) is 0 Å². The summed E-state index contributed by atoms with van der Waals surface area (Å²) >= 11 is 0. The molecule has 0 saturated heterocycles. The zero-order valence-electron chi connectivity index (χ0n) is 11.0. The molecule has 3 N–H and O–H groups in total. The van der Waals surface area contributed by atoms with Crippen LogP contribution in [0, 0.1) is 0 Å². The number of hydrazine groups is 1. The van der Waals surface area contributed by atoms with Gasteiger partial charge in [-0.2, -0.15) is 0 Å². The third-order valence-corrected chi connectivity index (χ3v) is 3.43. The van der Waals surface area contributed by atoms with Crippen LogP contribution < -0.4 is 11.3 Å². The lowest BCUT2D eigenvalue weighted by Crippen LogP contribution is -2.27. The smallest absolute Gasteiger partial charge is 0.134 e. The van der Waals surface area contributed by atoms with Gasteiger partial charge in [-0.05, 0) is 12.5 Å². The highest BCUT2D eigenvalue weighted by Gasteiger charge is 2.15. The number of fused-ring (bicyclic) bond motifs is 1. The molecule has 0 aliphatic rings. The molecule has 0 bridgehead atoms. The third-order valence-electron chi connectivity index (χ3n) is 3.43. The van der Waals surface area contributed by atoms with Crippen molar-refractivity contribution in [2.45, 2.75) is 45.1 Å². The van der Waals surface area contributed by atoms with Gasteiger partial charge in [-0.25, -0.2) is 0 Å². The molecule has 0 amide bonds. The van der Waals surface area contributed by atoms with Crippen LogP contribution in [0.5, 0.6) is 0 Å². The van der Waals surface area contributed by atoms with Gasteiger partial charge in [0.1, 0.15) is 5.58 Å². The number of unbranched alkanes of at least 4 members (excludes halogenated alkanes) is 3. The Labute approximate surface area is 108 Å². The number of hydrogen-bond donors (Lipinski definition) is 2. The normalized spacial score (nSPS) is 13.0. The van der Waals surface area contributed by atoms with Gasteiger partial charge in [-0.15, -0.1) is 0 Å². The Morgan fingerprint density at radius 1 is 1.22 bits per heavy atom. The van der Waals surface area contributed by atoms with E-state index < -0.39 is 0 Å². The molecule has 1 atom stereocenters. The average Bonchev–Trinajstić information content (AvgIpc) is 2.83. The van der Waals surface area contributed by atoms with Crippen molar-refractivity contribution in [1.82, 2.24) is 5.43 Å². The van der Waals surface area contributed by atoms with E-state index in [4.69, 9.17) is 10.3 Å². The summed E-state index contributed by atoms with van der Waals surface area (Å²) in [6.07, 6.45) is 7.90. The first-order valence-corrected chi connectivity index (χ1v) is 6.79. The van der Waals surface area contributed by atoms with E-state index in [1.165, 1.54) is 31.2 Å². The minimum absolute atomic E-state index is 0.186. The van der Waals surface area contributed by atoms with Crippen LogP contribution in [0.25, 0.3) is 11.0 Å². The highest BCUT2D eigenvalue weighted by atomic mass is 16.3. The fourth-order valence-corrected chi connectivity index (χ4v) is 2.37.